The highest BCUT2D eigenvalue weighted by Crippen LogP contribution is 2.28. The second-order valence-electron chi connectivity index (χ2n) is 5.42. The molecule has 0 unspecified atom stereocenters. The molecule has 0 aliphatic rings. The van der Waals surface area contributed by atoms with Crippen molar-refractivity contribution in [3.05, 3.63) is 58.3 Å². The molecule has 23 heavy (non-hydrogen) atoms. The Morgan fingerprint density at radius 1 is 1.22 bits per heavy atom. The summed E-state index contributed by atoms with van der Waals surface area (Å²) in [6, 6.07) is 13.8. The molecule has 0 saturated carbocycles. The average molecular weight is 325 g/mol. The summed E-state index contributed by atoms with van der Waals surface area (Å²) in [5.41, 5.74) is 1.81. The number of thiophene rings is 1. The van der Waals surface area contributed by atoms with Crippen molar-refractivity contribution in [2.45, 2.75) is 20.3 Å². The SMILES string of the molecule is CCCOc1ccc2cccc(NC(=O)c3sccc3C)c2c1. The monoisotopic (exact) mass is 325 g/mol. The van der Waals surface area contributed by atoms with Gasteiger partial charge in [-0.05, 0) is 53.9 Å². The average Bonchev–Trinajstić information content (AvgIpc) is 2.99. The highest BCUT2D eigenvalue weighted by molar-refractivity contribution is 7.12. The molecular formula is C19H19NO2S. The van der Waals surface area contributed by atoms with E-state index in [9.17, 15) is 4.79 Å². The van der Waals surface area contributed by atoms with Gasteiger partial charge in [0.1, 0.15) is 5.75 Å². The van der Waals surface area contributed by atoms with E-state index >= 15 is 0 Å². The van der Waals surface area contributed by atoms with E-state index in [2.05, 4.69) is 12.2 Å². The summed E-state index contributed by atoms with van der Waals surface area (Å²) >= 11 is 1.46. The van der Waals surface area contributed by atoms with Crippen molar-refractivity contribution in [2.24, 2.45) is 0 Å². The Bertz CT molecular complexity index is 838. The number of anilines is 1. The zero-order valence-electron chi connectivity index (χ0n) is 13.3. The van der Waals surface area contributed by atoms with Gasteiger partial charge < -0.3 is 10.1 Å². The molecule has 3 rings (SSSR count). The molecule has 0 aliphatic carbocycles. The molecule has 1 heterocycles. The summed E-state index contributed by atoms with van der Waals surface area (Å²) in [5.74, 6) is 0.762. The number of carbonyl (C=O) groups is 1. The Morgan fingerprint density at radius 2 is 2.09 bits per heavy atom. The van der Waals surface area contributed by atoms with Crippen molar-refractivity contribution < 1.29 is 9.53 Å². The van der Waals surface area contributed by atoms with Crippen LogP contribution in [-0.2, 0) is 0 Å². The zero-order valence-corrected chi connectivity index (χ0v) is 14.1. The number of rotatable bonds is 5. The standard InChI is InChI=1S/C19H19NO2S/c1-3-10-22-15-8-7-14-5-4-6-17(16(14)12-15)20-19(21)18-13(2)9-11-23-18/h4-9,11-12H,3,10H2,1-2H3,(H,20,21). The van der Waals surface area contributed by atoms with Crippen molar-refractivity contribution >= 4 is 33.7 Å². The second-order valence-corrected chi connectivity index (χ2v) is 6.34. The molecular weight excluding hydrogens is 306 g/mol. The Morgan fingerprint density at radius 3 is 2.83 bits per heavy atom. The topological polar surface area (TPSA) is 38.3 Å². The summed E-state index contributed by atoms with van der Waals surface area (Å²) < 4.78 is 5.70. The van der Waals surface area contributed by atoms with Crippen LogP contribution in [0.25, 0.3) is 10.8 Å². The number of benzene rings is 2. The van der Waals surface area contributed by atoms with E-state index in [4.69, 9.17) is 4.74 Å². The van der Waals surface area contributed by atoms with Gasteiger partial charge >= 0.3 is 0 Å². The quantitative estimate of drug-likeness (QED) is 0.695. The molecule has 3 nitrogen and oxygen atoms in total. The molecule has 0 spiro atoms. The fourth-order valence-corrected chi connectivity index (χ4v) is 3.28. The van der Waals surface area contributed by atoms with Gasteiger partial charge in [0.2, 0.25) is 0 Å². The van der Waals surface area contributed by atoms with Crippen LogP contribution < -0.4 is 10.1 Å². The predicted octanol–water partition coefficient (Wildman–Crippen LogP) is 5.25. The van der Waals surface area contributed by atoms with Crippen LogP contribution in [-0.4, -0.2) is 12.5 Å². The molecule has 0 bridgehead atoms. The molecule has 3 aromatic rings. The van der Waals surface area contributed by atoms with E-state index < -0.39 is 0 Å². The number of aryl methyl sites for hydroxylation is 1. The van der Waals surface area contributed by atoms with E-state index in [0.29, 0.717) is 6.61 Å². The van der Waals surface area contributed by atoms with Gasteiger partial charge in [-0.3, -0.25) is 4.79 Å². The lowest BCUT2D eigenvalue weighted by molar-refractivity contribution is 0.103. The zero-order chi connectivity index (χ0) is 16.2. The first kappa shape index (κ1) is 15.6. The van der Waals surface area contributed by atoms with Gasteiger partial charge in [0.25, 0.3) is 5.91 Å². The second kappa shape index (κ2) is 6.84. The van der Waals surface area contributed by atoms with Crippen LogP contribution in [0.1, 0.15) is 28.6 Å². The number of hydrogen-bond donors (Lipinski definition) is 1. The lowest BCUT2D eigenvalue weighted by atomic mass is 10.1. The van der Waals surface area contributed by atoms with Crippen LogP contribution in [0.3, 0.4) is 0 Å². The normalized spacial score (nSPS) is 10.7. The third kappa shape index (κ3) is 3.37. The minimum absolute atomic E-state index is 0.0649. The van der Waals surface area contributed by atoms with E-state index in [0.717, 1.165) is 39.1 Å². The van der Waals surface area contributed by atoms with Crippen LogP contribution in [0.15, 0.2) is 47.8 Å². The maximum Gasteiger partial charge on any atom is 0.266 e. The predicted molar refractivity (Wildman–Crippen MR) is 96.7 cm³/mol. The maximum absolute atomic E-state index is 12.5. The highest BCUT2D eigenvalue weighted by atomic mass is 32.1. The molecule has 0 aliphatic heterocycles. The van der Waals surface area contributed by atoms with Gasteiger partial charge in [0, 0.05) is 11.1 Å². The number of amides is 1. The maximum atomic E-state index is 12.5. The minimum atomic E-state index is -0.0649. The van der Waals surface area contributed by atoms with Crippen LogP contribution in [0, 0.1) is 6.92 Å². The van der Waals surface area contributed by atoms with Gasteiger partial charge in [0.05, 0.1) is 11.5 Å². The lowest BCUT2D eigenvalue weighted by Gasteiger charge is -2.11. The highest BCUT2D eigenvalue weighted by Gasteiger charge is 2.12. The van der Waals surface area contributed by atoms with E-state index in [1.165, 1.54) is 11.3 Å². The van der Waals surface area contributed by atoms with Gasteiger partial charge in [0.15, 0.2) is 0 Å². The van der Waals surface area contributed by atoms with Crippen LogP contribution in [0.2, 0.25) is 0 Å². The first-order valence-electron chi connectivity index (χ1n) is 7.70. The molecule has 0 atom stereocenters. The van der Waals surface area contributed by atoms with Gasteiger partial charge in [-0.25, -0.2) is 0 Å². The van der Waals surface area contributed by atoms with Crippen LogP contribution in [0.4, 0.5) is 5.69 Å². The third-order valence-corrected chi connectivity index (χ3v) is 4.66. The molecule has 1 aromatic heterocycles. The Kier molecular flexibility index (Phi) is 4.63. The molecule has 1 amide bonds. The van der Waals surface area contributed by atoms with Crippen LogP contribution in [0.5, 0.6) is 5.75 Å². The number of nitrogens with one attached hydrogen (secondary N) is 1. The summed E-state index contributed by atoms with van der Waals surface area (Å²) in [4.78, 5) is 13.2. The van der Waals surface area contributed by atoms with Crippen LogP contribution >= 0.6 is 11.3 Å². The minimum Gasteiger partial charge on any atom is -0.494 e. The number of ether oxygens (including phenoxy) is 1. The summed E-state index contributed by atoms with van der Waals surface area (Å²) in [6.07, 6.45) is 0.966. The number of fused-ring (bicyclic) bond motifs is 1. The van der Waals surface area contributed by atoms with Crippen molar-refractivity contribution in [3.8, 4) is 5.75 Å². The van der Waals surface area contributed by atoms with Gasteiger partial charge in [-0.2, -0.15) is 0 Å². The van der Waals surface area contributed by atoms with Crippen molar-refractivity contribution in [1.29, 1.82) is 0 Å². The largest absolute Gasteiger partial charge is 0.494 e. The molecule has 2 aromatic carbocycles. The Hall–Kier alpha value is -2.33. The van der Waals surface area contributed by atoms with E-state index in [1.807, 2.05) is 54.8 Å². The molecule has 0 radical (unpaired) electrons. The molecule has 0 fully saturated rings. The molecule has 118 valence electrons. The van der Waals surface area contributed by atoms with Gasteiger partial charge in [-0.15, -0.1) is 11.3 Å². The van der Waals surface area contributed by atoms with E-state index in [1.54, 1.807) is 0 Å². The molecule has 1 N–H and O–H groups in total. The number of hydrogen-bond acceptors (Lipinski definition) is 3. The summed E-state index contributed by atoms with van der Waals surface area (Å²) in [6.45, 7) is 4.72. The van der Waals surface area contributed by atoms with Crippen molar-refractivity contribution in [3.63, 3.8) is 0 Å². The number of carbonyl (C=O) groups excluding carboxylic acids is 1. The smallest absolute Gasteiger partial charge is 0.266 e. The van der Waals surface area contributed by atoms with Gasteiger partial charge in [-0.1, -0.05) is 25.1 Å². The molecule has 4 heteroatoms. The molecule has 0 saturated heterocycles. The summed E-state index contributed by atoms with van der Waals surface area (Å²) in [5, 5.41) is 7.03. The first-order valence-corrected chi connectivity index (χ1v) is 8.58. The van der Waals surface area contributed by atoms with Crippen molar-refractivity contribution in [2.75, 3.05) is 11.9 Å². The summed E-state index contributed by atoms with van der Waals surface area (Å²) in [7, 11) is 0. The fourth-order valence-electron chi connectivity index (χ4n) is 2.45. The fraction of sp³-hybridized carbons (Fsp3) is 0.211. The van der Waals surface area contributed by atoms with Crippen molar-refractivity contribution in [1.82, 2.24) is 0 Å². The lowest BCUT2D eigenvalue weighted by Crippen LogP contribution is -2.11. The van der Waals surface area contributed by atoms with E-state index in [-0.39, 0.29) is 5.91 Å². The third-order valence-electron chi connectivity index (χ3n) is 3.64. The first-order chi connectivity index (χ1) is 11.2. The Labute approximate surface area is 139 Å². The Balaban J connectivity index is 1.93.